The zero-order valence-corrected chi connectivity index (χ0v) is 12.0. The summed E-state index contributed by atoms with van der Waals surface area (Å²) >= 11 is 5.27. The summed E-state index contributed by atoms with van der Waals surface area (Å²) in [5.74, 6) is 0.150. The van der Waals surface area contributed by atoms with Crippen LogP contribution in [-0.2, 0) is 11.3 Å². The molecule has 5 nitrogen and oxygen atoms in total. The number of H-pyrrole nitrogens is 1. The molecule has 102 valence electrons. The van der Waals surface area contributed by atoms with E-state index in [0.717, 1.165) is 24.3 Å². The molecule has 1 N–H and O–H groups in total. The van der Waals surface area contributed by atoms with Crippen LogP contribution in [0, 0.1) is 4.77 Å². The van der Waals surface area contributed by atoms with Crippen LogP contribution >= 0.6 is 12.2 Å². The predicted octanol–water partition coefficient (Wildman–Crippen LogP) is 2.35. The number of rotatable bonds is 5. The number of pyridine rings is 1. The lowest BCUT2D eigenvalue weighted by atomic mass is 10.3. The molecule has 19 heavy (non-hydrogen) atoms. The highest BCUT2D eigenvalue weighted by atomic mass is 32.1. The van der Waals surface area contributed by atoms with Gasteiger partial charge in [0.1, 0.15) is 0 Å². The standard InChI is InChI=1S/C13H18N4OS/c1-3-16(4-2)11(18)7-9-17-12-10(15-13(17)19)6-5-8-14-12/h5-6,8H,3-4,7,9H2,1-2H3,(H,15,19). The first-order valence-electron chi connectivity index (χ1n) is 6.48. The summed E-state index contributed by atoms with van der Waals surface area (Å²) < 4.78 is 2.49. The Morgan fingerprint density at radius 3 is 2.89 bits per heavy atom. The van der Waals surface area contributed by atoms with Gasteiger partial charge in [0.05, 0.1) is 5.52 Å². The molecule has 0 fully saturated rings. The first-order valence-corrected chi connectivity index (χ1v) is 6.89. The first-order chi connectivity index (χ1) is 9.17. The van der Waals surface area contributed by atoms with Gasteiger partial charge in [0.15, 0.2) is 10.4 Å². The molecule has 2 rings (SSSR count). The minimum atomic E-state index is 0.150. The maximum atomic E-state index is 12.0. The van der Waals surface area contributed by atoms with Crippen LogP contribution < -0.4 is 0 Å². The minimum absolute atomic E-state index is 0.150. The molecule has 0 unspecified atom stereocenters. The zero-order valence-electron chi connectivity index (χ0n) is 11.2. The van der Waals surface area contributed by atoms with E-state index in [1.165, 1.54) is 0 Å². The molecule has 6 heteroatoms. The largest absolute Gasteiger partial charge is 0.343 e. The number of carbonyl (C=O) groups is 1. The average molecular weight is 278 g/mol. The lowest BCUT2D eigenvalue weighted by Crippen LogP contribution is -2.31. The molecule has 0 aliphatic rings. The van der Waals surface area contributed by atoms with Crippen molar-refractivity contribution < 1.29 is 4.79 Å². The van der Waals surface area contributed by atoms with Gasteiger partial charge in [0, 0.05) is 32.3 Å². The number of aromatic nitrogens is 3. The summed E-state index contributed by atoms with van der Waals surface area (Å²) in [7, 11) is 0. The lowest BCUT2D eigenvalue weighted by Gasteiger charge is -2.18. The monoisotopic (exact) mass is 278 g/mol. The second-order valence-corrected chi connectivity index (χ2v) is 4.66. The van der Waals surface area contributed by atoms with Crippen LogP contribution in [0.1, 0.15) is 20.3 Å². The van der Waals surface area contributed by atoms with Gasteiger partial charge in [0.25, 0.3) is 0 Å². The fourth-order valence-corrected chi connectivity index (χ4v) is 2.43. The number of amides is 1. The van der Waals surface area contributed by atoms with Crippen LogP contribution in [0.15, 0.2) is 18.3 Å². The molecular formula is C13H18N4OS. The van der Waals surface area contributed by atoms with Gasteiger partial charge in [-0.25, -0.2) is 4.98 Å². The number of hydrogen-bond donors (Lipinski definition) is 1. The van der Waals surface area contributed by atoms with Crippen LogP contribution in [0.2, 0.25) is 0 Å². The average Bonchev–Trinajstić information content (AvgIpc) is 2.73. The molecule has 2 aromatic rings. The highest BCUT2D eigenvalue weighted by molar-refractivity contribution is 7.71. The third kappa shape index (κ3) is 2.84. The highest BCUT2D eigenvalue weighted by Crippen LogP contribution is 2.11. The molecule has 0 aliphatic heterocycles. The summed E-state index contributed by atoms with van der Waals surface area (Å²) in [6, 6.07) is 3.79. The topological polar surface area (TPSA) is 53.9 Å². The van der Waals surface area contributed by atoms with Crippen molar-refractivity contribution >= 4 is 29.3 Å². The SMILES string of the molecule is CCN(CC)C(=O)CCn1c(=S)[nH]c2cccnc21. The van der Waals surface area contributed by atoms with Crippen molar-refractivity contribution in [3.8, 4) is 0 Å². The van der Waals surface area contributed by atoms with Crippen molar-refractivity contribution in [1.29, 1.82) is 0 Å². The number of aryl methyl sites for hydroxylation is 1. The molecule has 2 aromatic heterocycles. The molecule has 0 atom stereocenters. The van der Waals surface area contributed by atoms with Crippen LogP contribution in [-0.4, -0.2) is 38.4 Å². The molecule has 0 saturated carbocycles. The van der Waals surface area contributed by atoms with Gasteiger partial charge < -0.3 is 14.5 Å². The van der Waals surface area contributed by atoms with E-state index in [0.29, 0.717) is 17.7 Å². The molecule has 1 amide bonds. The van der Waals surface area contributed by atoms with Crippen molar-refractivity contribution in [1.82, 2.24) is 19.4 Å². The number of carbonyl (C=O) groups excluding carboxylic acids is 1. The fraction of sp³-hybridized carbons (Fsp3) is 0.462. The van der Waals surface area contributed by atoms with Crippen molar-refractivity contribution in [3.63, 3.8) is 0 Å². The Bertz CT molecular complexity index is 627. The Morgan fingerprint density at radius 2 is 2.21 bits per heavy atom. The Hall–Kier alpha value is -1.69. The molecular weight excluding hydrogens is 260 g/mol. The quantitative estimate of drug-likeness (QED) is 0.854. The van der Waals surface area contributed by atoms with E-state index < -0.39 is 0 Å². The number of nitrogens with zero attached hydrogens (tertiary/aromatic N) is 3. The number of aromatic amines is 1. The third-order valence-electron chi connectivity index (χ3n) is 3.19. The number of nitrogens with one attached hydrogen (secondary N) is 1. The van der Waals surface area contributed by atoms with Gasteiger partial charge >= 0.3 is 0 Å². The van der Waals surface area contributed by atoms with Crippen molar-refractivity contribution in [3.05, 3.63) is 23.1 Å². The van der Waals surface area contributed by atoms with E-state index in [1.807, 2.05) is 35.4 Å². The van der Waals surface area contributed by atoms with Crippen molar-refractivity contribution in [2.24, 2.45) is 0 Å². The van der Waals surface area contributed by atoms with Crippen LogP contribution in [0.4, 0.5) is 0 Å². The maximum absolute atomic E-state index is 12.0. The summed E-state index contributed by atoms with van der Waals surface area (Å²) in [5.41, 5.74) is 1.71. The molecule has 0 bridgehead atoms. The molecule has 0 aromatic carbocycles. The van der Waals surface area contributed by atoms with Gasteiger partial charge in [-0.2, -0.15) is 0 Å². The Morgan fingerprint density at radius 1 is 1.47 bits per heavy atom. The van der Waals surface area contributed by atoms with Gasteiger partial charge in [-0.3, -0.25) is 4.79 Å². The van der Waals surface area contributed by atoms with E-state index in [2.05, 4.69) is 9.97 Å². The van der Waals surface area contributed by atoms with Crippen molar-refractivity contribution in [2.75, 3.05) is 13.1 Å². The van der Waals surface area contributed by atoms with E-state index in [4.69, 9.17) is 12.2 Å². The van der Waals surface area contributed by atoms with E-state index >= 15 is 0 Å². The molecule has 0 saturated heterocycles. The van der Waals surface area contributed by atoms with E-state index in [-0.39, 0.29) is 5.91 Å². The van der Waals surface area contributed by atoms with E-state index in [1.54, 1.807) is 6.20 Å². The van der Waals surface area contributed by atoms with Gasteiger partial charge in [-0.05, 0) is 38.2 Å². The molecule has 2 heterocycles. The lowest BCUT2D eigenvalue weighted by molar-refractivity contribution is -0.131. The highest BCUT2D eigenvalue weighted by Gasteiger charge is 2.11. The number of hydrogen-bond acceptors (Lipinski definition) is 3. The third-order valence-corrected chi connectivity index (χ3v) is 3.52. The summed E-state index contributed by atoms with van der Waals surface area (Å²) in [4.78, 5) is 21.2. The number of fused-ring (bicyclic) bond motifs is 1. The molecule has 0 spiro atoms. The second kappa shape index (κ2) is 5.97. The summed E-state index contributed by atoms with van der Waals surface area (Å²) in [6.45, 7) is 6.02. The second-order valence-electron chi connectivity index (χ2n) is 4.27. The molecule has 0 radical (unpaired) electrons. The summed E-state index contributed by atoms with van der Waals surface area (Å²) in [5, 5.41) is 0. The van der Waals surface area contributed by atoms with E-state index in [9.17, 15) is 4.79 Å². The Labute approximate surface area is 117 Å². The fourth-order valence-electron chi connectivity index (χ4n) is 2.14. The smallest absolute Gasteiger partial charge is 0.224 e. The first kappa shape index (κ1) is 13.7. The summed E-state index contributed by atoms with van der Waals surface area (Å²) in [6.07, 6.45) is 2.17. The predicted molar refractivity (Wildman–Crippen MR) is 77.5 cm³/mol. The minimum Gasteiger partial charge on any atom is -0.343 e. The number of imidazole rings is 1. The van der Waals surface area contributed by atoms with Gasteiger partial charge in [-0.1, -0.05) is 0 Å². The van der Waals surface area contributed by atoms with Gasteiger partial charge in [0.2, 0.25) is 5.91 Å². The van der Waals surface area contributed by atoms with Crippen LogP contribution in [0.5, 0.6) is 0 Å². The zero-order chi connectivity index (χ0) is 13.8. The Kier molecular flexibility index (Phi) is 4.31. The maximum Gasteiger partial charge on any atom is 0.224 e. The van der Waals surface area contributed by atoms with Crippen LogP contribution in [0.3, 0.4) is 0 Å². The van der Waals surface area contributed by atoms with Crippen molar-refractivity contribution in [2.45, 2.75) is 26.8 Å². The van der Waals surface area contributed by atoms with Crippen LogP contribution in [0.25, 0.3) is 11.2 Å². The van der Waals surface area contributed by atoms with Gasteiger partial charge in [-0.15, -0.1) is 0 Å². The Balaban J connectivity index is 2.16. The normalized spacial score (nSPS) is 10.8. The molecule has 0 aliphatic carbocycles.